The zero-order chi connectivity index (χ0) is 15.0. The van der Waals surface area contributed by atoms with Gasteiger partial charge in [-0.25, -0.2) is 4.79 Å². The molecule has 5 heteroatoms. The topological polar surface area (TPSA) is 61.8 Å². The van der Waals surface area contributed by atoms with Gasteiger partial charge in [-0.2, -0.15) is 0 Å². The zero-order valence-corrected chi connectivity index (χ0v) is 11.9. The van der Waals surface area contributed by atoms with Gasteiger partial charge < -0.3 is 14.2 Å². The van der Waals surface area contributed by atoms with Crippen molar-refractivity contribution in [2.24, 2.45) is 11.8 Å². The van der Waals surface area contributed by atoms with Gasteiger partial charge in [-0.3, -0.25) is 4.79 Å². The molecule has 1 aliphatic carbocycles. The largest absolute Gasteiger partial charge is 0.493 e. The molecule has 0 fully saturated rings. The van der Waals surface area contributed by atoms with Crippen molar-refractivity contribution in [3.05, 3.63) is 41.5 Å². The van der Waals surface area contributed by atoms with Crippen LogP contribution in [0.2, 0.25) is 0 Å². The fourth-order valence-electron chi connectivity index (χ4n) is 3.22. The molecule has 5 nitrogen and oxygen atoms in total. The molecule has 110 valence electrons. The van der Waals surface area contributed by atoms with E-state index >= 15 is 0 Å². The number of hydrogen-bond acceptors (Lipinski definition) is 5. The lowest BCUT2D eigenvalue weighted by Crippen LogP contribution is -2.31. The van der Waals surface area contributed by atoms with E-state index < -0.39 is 11.9 Å². The number of benzene rings is 1. The van der Waals surface area contributed by atoms with Crippen molar-refractivity contribution in [1.29, 1.82) is 0 Å². The molecule has 0 bridgehead atoms. The molecule has 0 saturated carbocycles. The van der Waals surface area contributed by atoms with E-state index in [1.54, 1.807) is 6.08 Å². The van der Waals surface area contributed by atoms with Gasteiger partial charge in [0.1, 0.15) is 5.75 Å². The molecule has 1 aromatic carbocycles. The summed E-state index contributed by atoms with van der Waals surface area (Å²) in [6, 6.07) is 7.58. The van der Waals surface area contributed by atoms with Crippen LogP contribution in [0.1, 0.15) is 11.5 Å². The number of rotatable bonds is 2. The molecule has 1 heterocycles. The Morgan fingerprint density at radius 2 is 1.95 bits per heavy atom. The Morgan fingerprint density at radius 1 is 1.19 bits per heavy atom. The summed E-state index contributed by atoms with van der Waals surface area (Å²) in [5.41, 5.74) is 1.42. The van der Waals surface area contributed by atoms with Crippen LogP contribution in [0.4, 0.5) is 0 Å². The number of esters is 2. The van der Waals surface area contributed by atoms with Crippen molar-refractivity contribution < 1.29 is 23.8 Å². The normalized spacial score (nSPS) is 26.0. The van der Waals surface area contributed by atoms with E-state index in [0.717, 1.165) is 11.3 Å². The third-order valence-corrected chi connectivity index (χ3v) is 4.17. The molecule has 1 aromatic rings. The molecule has 0 unspecified atom stereocenters. The maximum absolute atomic E-state index is 12.1. The molecule has 0 amide bonds. The van der Waals surface area contributed by atoms with E-state index in [4.69, 9.17) is 14.2 Å². The van der Waals surface area contributed by atoms with Crippen LogP contribution in [0.3, 0.4) is 0 Å². The second-order valence-electron chi connectivity index (χ2n) is 5.14. The van der Waals surface area contributed by atoms with Gasteiger partial charge in [0.25, 0.3) is 0 Å². The van der Waals surface area contributed by atoms with Crippen molar-refractivity contribution in [1.82, 2.24) is 0 Å². The number of fused-ring (bicyclic) bond motifs is 3. The number of carbonyl (C=O) groups excluding carboxylic acids is 2. The van der Waals surface area contributed by atoms with Gasteiger partial charge in [0, 0.05) is 17.4 Å². The molecule has 2 aliphatic rings. The molecule has 3 atom stereocenters. The van der Waals surface area contributed by atoms with Gasteiger partial charge in [0.05, 0.1) is 26.7 Å². The van der Waals surface area contributed by atoms with Crippen LogP contribution in [0.15, 0.2) is 35.9 Å². The van der Waals surface area contributed by atoms with Crippen LogP contribution in [-0.2, 0) is 19.1 Å². The monoisotopic (exact) mass is 288 g/mol. The summed E-state index contributed by atoms with van der Waals surface area (Å²) in [4.78, 5) is 24.0. The summed E-state index contributed by atoms with van der Waals surface area (Å²) in [6.07, 6.45) is 1.67. The molecular weight excluding hydrogens is 272 g/mol. The minimum absolute atomic E-state index is 0.142. The van der Waals surface area contributed by atoms with E-state index in [-0.39, 0.29) is 17.8 Å². The van der Waals surface area contributed by atoms with Gasteiger partial charge in [-0.05, 0) is 11.6 Å². The summed E-state index contributed by atoms with van der Waals surface area (Å²) >= 11 is 0. The van der Waals surface area contributed by atoms with E-state index in [1.165, 1.54) is 14.2 Å². The van der Waals surface area contributed by atoms with Gasteiger partial charge in [-0.1, -0.05) is 24.3 Å². The highest BCUT2D eigenvalue weighted by atomic mass is 16.5. The minimum Gasteiger partial charge on any atom is -0.493 e. The van der Waals surface area contributed by atoms with E-state index in [9.17, 15) is 9.59 Å². The molecular formula is C16H16O5. The van der Waals surface area contributed by atoms with Crippen LogP contribution in [-0.4, -0.2) is 32.8 Å². The highest BCUT2D eigenvalue weighted by Gasteiger charge is 2.48. The van der Waals surface area contributed by atoms with Crippen LogP contribution in [0.5, 0.6) is 5.75 Å². The Balaban J connectivity index is 2.06. The van der Waals surface area contributed by atoms with Crippen LogP contribution in [0, 0.1) is 11.8 Å². The average molecular weight is 288 g/mol. The van der Waals surface area contributed by atoms with Crippen molar-refractivity contribution in [3.8, 4) is 5.75 Å². The third-order valence-electron chi connectivity index (χ3n) is 4.17. The first-order valence-corrected chi connectivity index (χ1v) is 6.77. The predicted octanol–water partition coefficient (Wildman–Crippen LogP) is 1.68. The smallest absolute Gasteiger partial charge is 0.333 e. The van der Waals surface area contributed by atoms with Gasteiger partial charge >= 0.3 is 11.9 Å². The van der Waals surface area contributed by atoms with E-state index in [1.807, 2.05) is 24.3 Å². The molecule has 0 aromatic heterocycles. The maximum Gasteiger partial charge on any atom is 0.333 e. The summed E-state index contributed by atoms with van der Waals surface area (Å²) in [7, 11) is 2.69. The van der Waals surface area contributed by atoms with Gasteiger partial charge in [0.2, 0.25) is 0 Å². The first-order chi connectivity index (χ1) is 10.2. The van der Waals surface area contributed by atoms with Crippen molar-refractivity contribution >= 4 is 11.9 Å². The SMILES string of the molecule is COC(=O)C1=C[C@@H](C(=O)OC)[C@@H]2c3ccccc3OC[C@H]12. The van der Waals surface area contributed by atoms with Crippen LogP contribution in [0.25, 0.3) is 0 Å². The lowest BCUT2D eigenvalue weighted by molar-refractivity contribution is -0.144. The number of ether oxygens (including phenoxy) is 3. The van der Waals surface area contributed by atoms with Crippen LogP contribution >= 0.6 is 0 Å². The van der Waals surface area contributed by atoms with Crippen molar-refractivity contribution in [2.45, 2.75) is 5.92 Å². The van der Waals surface area contributed by atoms with Crippen LogP contribution < -0.4 is 4.74 Å². The zero-order valence-electron chi connectivity index (χ0n) is 11.9. The highest BCUT2D eigenvalue weighted by molar-refractivity contribution is 5.92. The molecule has 0 spiro atoms. The predicted molar refractivity (Wildman–Crippen MR) is 73.8 cm³/mol. The Bertz CT molecular complexity index is 619. The minimum atomic E-state index is -0.487. The molecule has 3 rings (SSSR count). The van der Waals surface area contributed by atoms with Gasteiger partial charge in [0.15, 0.2) is 0 Å². The molecule has 21 heavy (non-hydrogen) atoms. The van der Waals surface area contributed by atoms with Gasteiger partial charge in [-0.15, -0.1) is 0 Å². The number of methoxy groups -OCH3 is 2. The molecule has 0 saturated heterocycles. The quantitative estimate of drug-likeness (QED) is 0.775. The third kappa shape index (κ3) is 2.09. The van der Waals surface area contributed by atoms with E-state index in [2.05, 4.69) is 0 Å². The Labute approximate surface area is 122 Å². The Kier molecular flexibility index (Phi) is 3.41. The highest BCUT2D eigenvalue weighted by Crippen LogP contribution is 2.49. The summed E-state index contributed by atoms with van der Waals surface area (Å²) in [6.45, 7) is 0.357. The fourth-order valence-corrected chi connectivity index (χ4v) is 3.22. The molecule has 0 N–H and O–H groups in total. The second-order valence-corrected chi connectivity index (χ2v) is 5.14. The van der Waals surface area contributed by atoms with E-state index in [0.29, 0.717) is 12.2 Å². The maximum atomic E-state index is 12.1. The Hall–Kier alpha value is -2.30. The summed E-state index contributed by atoms with van der Waals surface area (Å²) in [5.74, 6) is -0.820. The lowest BCUT2D eigenvalue weighted by atomic mass is 9.79. The lowest BCUT2D eigenvalue weighted by Gasteiger charge is -2.32. The van der Waals surface area contributed by atoms with Crippen molar-refractivity contribution in [3.63, 3.8) is 0 Å². The Morgan fingerprint density at radius 3 is 2.67 bits per heavy atom. The summed E-state index contributed by atoms with van der Waals surface area (Å²) < 4.78 is 15.4. The standard InChI is InChI=1S/C16H16O5/c1-19-15(17)10-7-11(16(18)20-2)14-9-5-3-4-6-13(9)21-8-12(10)14/h3-7,11-12,14H,8H2,1-2H3/t11-,12-,14+/m1/s1. The first kappa shape index (κ1) is 13.7. The average Bonchev–Trinajstić information content (AvgIpc) is 2.93. The van der Waals surface area contributed by atoms with Crippen molar-refractivity contribution in [2.75, 3.05) is 20.8 Å². The number of para-hydroxylation sites is 1. The second kappa shape index (κ2) is 5.24. The number of hydrogen-bond donors (Lipinski definition) is 0. The summed E-state index contributed by atoms with van der Waals surface area (Å²) in [5, 5.41) is 0. The molecule has 0 radical (unpaired) electrons. The fraction of sp³-hybridized carbons (Fsp3) is 0.375. The first-order valence-electron chi connectivity index (χ1n) is 6.77. The number of carbonyl (C=O) groups is 2. The molecule has 1 aliphatic heterocycles.